The number of hydrogen-bond acceptors (Lipinski definition) is 0. The van der Waals surface area contributed by atoms with Crippen LogP contribution in [0.3, 0.4) is 0 Å². The summed E-state index contributed by atoms with van der Waals surface area (Å²) in [4.78, 5) is 0. The summed E-state index contributed by atoms with van der Waals surface area (Å²) in [5.41, 5.74) is 3.11. The molecule has 1 aromatic rings. The first-order valence-electron chi connectivity index (χ1n) is 6.53. The van der Waals surface area contributed by atoms with Gasteiger partial charge in [0.05, 0.1) is 0 Å². The molecule has 0 saturated heterocycles. The number of hydrogen-bond donors (Lipinski definition) is 0. The van der Waals surface area contributed by atoms with Crippen molar-refractivity contribution in [3.05, 3.63) is 35.4 Å². The van der Waals surface area contributed by atoms with E-state index in [1.54, 1.807) is 0 Å². The molecule has 1 unspecified atom stereocenters. The molecule has 0 aliphatic rings. The predicted molar refractivity (Wildman–Crippen MR) is 77.9 cm³/mol. The van der Waals surface area contributed by atoms with Gasteiger partial charge >= 0.3 is 0 Å². The Balaban J connectivity index is 2.68. The molecule has 0 fully saturated rings. The SMILES string of the molecule is CC(Cl)CC(C)(C)Cc1ccc(C(C)C)cc1. The summed E-state index contributed by atoms with van der Waals surface area (Å²) < 4.78 is 0. The largest absolute Gasteiger partial charge is 0.123 e. The van der Waals surface area contributed by atoms with Gasteiger partial charge in [-0.2, -0.15) is 0 Å². The van der Waals surface area contributed by atoms with Crippen molar-refractivity contribution in [2.45, 2.75) is 58.8 Å². The average Bonchev–Trinajstić information content (AvgIpc) is 2.15. The van der Waals surface area contributed by atoms with Gasteiger partial charge in [-0.3, -0.25) is 0 Å². The third-order valence-corrected chi connectivity index (χ3v) is 3.32. The zero-order valence-electron chi connectivity index (χ0n) is 11.8. The highest BCUT2D eigenvalue weighted by atomic mass is 35.5. The molecule has 0 heterocycles. The molecule has 0 aromatic heterocycles. The lowest BCUT2D eigenvalue weighted by atomic mass is 9.81. The molecule has 96 valence electrons. The maximum absolute atomic E-state index is 6.10. The summed E-state index contributed by atoms with van der Waals surface area (Å²) in [5.74, 6) is 0.611. The van der Waals surface area contributed by atoms with Gasteiger partial charge in [0.15, 0.2) is 0 Å². The number of halogens is 1. The van der Waals surface area contributed by atoms with Crippen LogP contribution in [0.5, 0.6) is 0 Å². The van der Waals surface area contributed by atoms with Gasteiger partial charge in [-0.25, -0.2) is 0 Å². The van der Waals surface area contributed by atoms with Crippen LogP contribution in [-0.4, -0.2) is 5.38 Å². The predicted octanol–water partition coefficient (Wildman–Crippen LogP) is 5.40. The zero-order chi connectivity index (χ0) is 13.1. The fraction of sp³-hybridized carbons (Fsp3) is 0.625. The Morgan fingerprint density at radius 3 is 2.00 bits per heavy atom. The van der Waals surface area contributed by atoms with Crippen molar-refractivity contribution >= 4 is 11.6 Å². The van der Waals surface area contributed by atoms with E-state index in [2.05, 4.69) is 58.9 Å². The van der Waals surface area contributed by atoms with Crippen LogP contribution in [0.1, 0.15) is 58.1 Å². The van der Waals surface area contributed by atoms with Gasteiger partial charge in [0.1, 0.15) is 0 Å². The van der Waals surface area contributed by atoms with Crippen molar-refractivity contribution in [1.82, 2.24) is 0 Å². The second kappa shape index (κ2) is 5.91. The van der Waals surface area contributed by atoms with Gasteiger partial charge in [-0.05, 0) is 42.2 Å². The fourth-order valence-corrected chi connectivity index (χ4v) is 2.82. The molecule has 0 bridgehead atoms. The van der Waals surface area contributed by atoms with Crippen LogP contribution < -0.4 is 0 Å². The summed E-state index contributed by atoms with van der Waals surface area (Å²) in [7, 11) is 0. The van der Waals surface area contributed by atoms with Crippen LogP contribution in [0.25, 0.3) is 0 Å². The third kappa shape index (κ3) is 5.12. The van der Waals surface area contributed by atoms with E-state index in [9.17, 15) is 0 Å². The van der Waals surface area contributed by atoms with Crippen LogP contribution in [0.2, 0.25) is 0 Å². The van der Waals surface area contributed by atoms with Gasteiger partial charge in [-0.1, -0.05) is 52.0 Å². The van der Waals surface area contributed by atoms with E-state index in [4.69, 9.17) is 11.6 Å². The molecule has 0 saturated carbocycles. The first kappa shape index (κ1) is 14.6. The van der Waals surface area contributed by atoms with Crippen molar-refractivity contribution in [2.24, 2.45) is 5.41 Å². The monoisotopic (exact) mass is 252 g/mol. The Hall–Kier alpha value is -0.490. The van der Waals surface area contributed by atoms with E-state index >= 15 is 0 Å². The van der Waals surface area contributed by atoms with Crippen molar-refractivity contribution < 1.29 is 0 Å². The molecular weight excluding hydrogens is 228 g/mol. The second-order valence-electron chi connectivity index (χ2n) is 6.22. The minimum Gasteiger partial charge on any atom is -0.123 e. The molecule has 0 N–H and O–H groups in total. The highest BCUT2D eigenvalue weighted by molar-refractivity contribution is 6.20. The molecule has 0 aliphatic heterocycles. The van der Waals surface area contributed by atoms with Gasteiger partial charge < -0.3 is 0 Å². The Morgan fingerprint density at radius 1 is 1.06 bits per heavy atom. The minimum absolute atomic E-state index is 0.250. The summed E-state index contributed by atoms with van der Waals surface area (Å²) >= 11 is 6.10. The first-order valence-corrected chi connectivity index (χ1v) is 6.97. The van der Waals surface area contributed by atoms with E-state index in [1.807, 2.05) is 0 Å². The maximum atomic E-state index is 6.10. The van der Waals surface area contributed by atoms with E-state index in [0.717, 1.165) is 12.8 Å². The Labute approximate surface area is 111 Å². The smallest absolute Gasteiger partial charge is 0.0313 e. The minimum atomic E-state index is 0.250. The average molecular weight is 253 g/mol. The molecule has 0 spiro atoms. The van der Waals surface area contributed by atoms with E-state index < -0.39 is 0 Å². The molecule has 1 atom stereocenters. The van der Waals surface area contributed by atoms with Crippen molar-refractivity contribution in [3.63, 3.8) is 0 Å². The van der Waals surface area contributed by atoms with Gasteiger partial charge in [0.25, 0.3) is 0 Å². The molecule has 0 aliphatic carbocycles. The van der Waals surface area contributed by atoms with Crippen LogP contribution in [0.15, 0.2) is 24.3 Å². The highest BCUT2D eigenvalue weighted by Gasteiger charge is 2.20. The number of benzene rings is 1. The Bertz CT molecular complexity index is 333. The molecule has 17 heavy (non-hydrogen) atoms. The summed E-state index contributed by atoms with van der Waals surface area (Å²) in [6, 6.07) is 9.02. The van der Waals surface area contributed by atoms with Crippen LogP contribution >= 0.6 is 11.6 Å². The normalized spacial score (nSPS) is 14.1. The molecule has 1 rings (SSSR count). The standard InChI is InChI=1S/C16H25Cl/c1-12(2)15-8-6-14(7-9-15)11-16(4,5)10-13(3)17/h6-9,12-13H,10-11H2,1-5H3. The first-order chi connectivity index (χ1) is 7.80. The molecule has 0 radical (unpaired) electrons. The van der Waals surface area contributed by atoms with Crippen LogP contribution in [0, 0.1) is 5.41 Å². The molecule has 0 amide bonds. The summed E-state index contributed by atoms with van der Waals surface area (Å²) in [5, 5.41) is 0.250. The molecule has 1 aromatic carbocycles. The van der Waals surface area contributed by atoms with Gasteiger partial charge in [0.2, 0.25) is 0 Å². The number of alkyl halides is 1. The van der Waals surface area contributed by atoms with E-state index in [1.165, 1.54) is 11.1 Å². The third-order valence-electron chi connectivity index (χ3n) is 3.16. The molecule has 0 nitrogen and oxygen atoms in total. The zero-order valence-corrected chi connectivity index (χ0v) is 12.5. The number of rotatable bonds is 5. The van der Waals surface area contributed by atoms with E-state index in [-0.39, 0.29) is 10.8 Å². The van der Waals surface area contributed by atoms with Crippen molar-refractivity contribution in [2.75, 3.05) is 0 Å². The lowest BCUT2D eigenvalue weighted by Crippen LogP contribution is -2.18. The van der Waals surface area contributed by atoms with Gasteiger partial charge in [0, 0.05) is 5.38 Å². The Kier molecular flexibility index (Phi) is 5.06. The molecule has 1 heteroatoms. The topological polar surface area (TPSA) is 0 Å². The second-order valence-corrected chi connectivity index (χ2v) is 6.97. The van der Waals surface area contributed by atoms with Crippen molar-refractivity contribution in [3.8, 4) is 0 Å². The van der Waals surface area contributed by atoms with Gasteiger partial charge in [-0.15, -0.1) is 11.6 Å². The lowest BCUT2D eigenvalue weighted by molar-refractivity contribution is 0.331. The van der Waals surface area contributed by atoms with Crippen molar-refractivity contribution in [1.29, 1.82) is 0 Å². The van der Waals surface area contributed by atoms with Crippen LogP contribution in [-0.2, 0) is 6.42 Å². The maximum Gasteiger partial charge on any atom is 0.0313 e. The van der Waals surface area contributed by atoms with E-state index in [0.29, 0.717) is 5.92 Å². The lowest BCUT2D eigenvalue weighted by Gasteiger charge is -2.26. The Morgan fingerprint density at radius 2 is 1.59 bits per heavy atom. The summed E-state index contributed by atoms with van der Waals surface area (Å²) in [6.45, 7) is 11.1. The summed E-state index contributed by atoms with van der Waals surface area (Å²) in [6.07, 6.45) is 2.16. The fourth-order valence-electron chi connectivity index (χ4n) is 2.41. The molecular formula is C16H25Cl. The quantitative estimate of drug-likeness (QED) is 0.616. The highest BCUT2D eigenvalue weighted by Crippen LogP contribution is 2.29. The van der Waals surface area contributed by atoms with Crippen LogP contribution in [0.4, 0.5) is 0 Å².